The Morgan fingerprint density at radius 1 is 1.03 bits per heavy atom. The van der Waals surface area contributed by atoms with Gasteiger partial charge in [-0.2, -0.15) is 0 Å². The van der Waals surface area contributed by atoms with Crippen LogP contribution in [0.3, 0.4) is 0 Å². The van der Waals surface area contributed by atoms with E-state index in [9.17, 15) is 9.90 Å². The summed E-state index contributed by atoms with van der Waals surface area (Å²) in [6.45, 7) is 2.35. The van der Waals surface area contributed by atoms with Crippen LogP contribution in [0.1, 0.15) is 69.8 Å². The molecule has 0 spiro atoms. The van der Waals surface area contributed by atoms with E-state index in [1.54, 1.807) is 5.57 Å². The molecule has 29 heavy (non-hydrogen) atoms. The van der Waals surface area contributed by atoms with Crippen LogP contribution in [-0.4, -0.2) is 31.1 Å². The maximum atomic E-state index is 12.2. The number of benzene rings is 1. The fourth-order valence-corrected chi connectivity index (χ4v) is 7.44. The molecule has 3 nitrogen and oxygen atoms in total. The van der Waals surface area contributed by atoms with Crippen molar-refractivity contribution < 1.29 is 9.90 Å². The van der Waals surface area contributed by atoms with Crippen molar-refractivity contribution in [3.05, 3.63) is 41.0 Å². The quantitative estimate of drug-likeness (QED) is 0.711. The van der Waals surface area contributed by atoms with Crippen molar-refractivity contribution in [1.29, 1.82) is 0 Å². The Morgan fingerprint density at radius 2 is 1.79 bits per heavy atom. The van der Waals surface area contributed by atoms with Crippen molar-refractivity contribution in [2.24, 2.45) is 23.2 Å². The number of Topliss-reactive ketones (excluding diaryl/α,β-unsaturated/α-hetero) is 1. The Balaban J connectivity index is 1.57. The molecule has 4 aliphatic carbocycles. The summed E-state index contributed by atoms with van der Waals surface area (Å²) in [5, 5.41) is 10.8. The average Bonchev–Trinajstić information content (AvgIpc) is 3.02. The lowest BCUT2D eigenvalue weighted by atomic mass is 9.50. The predicted octanol–water partition coefficient (Wildman–Crippen LogP) is 5.09. The van der Waals surface area contributed by atoms with Gasteiger partial charge >= 0.3 is 0 Å². The van der Waals surface area contributed by atoms with Crippen molar-refractivity contribution >= 4 is 11.5 Å². The number of anilines is 1. The van der Waals surface area contributed by atoms with Crippen LogP contribution in [0.4, 0.5) is 5.69 Å². The Hall–Kier alpha value is -1.61. The molecule has 0 radical (unpaired) electrons. The summed E-state index contributed by atoms with van der Waals surface area (Å²) in [6, 6.07) is 9.13. The molecule has 1 N–H and O–H groups in total. The number of carbonyl (C=O) groups excluding carboxylic acids is 1. The molecular formula is C26H35NO2. The summed E-state index contributed by atoms with van der Waals surface area (Å²) in [5.74, 6) is 2.75. The van der Waals surface area contributed by atoms with Crippen LogP contribution in [0.15, 0.2) is 35.4 Å². The minimum atomic E-state index is -0.145. The molecule has 1 aromatic carbocycles. The zero-order valence-electron chi connectivity index (χ0n) is 18.2. The molecule has 0 heterocycles. The third-order valence-corrected chi connectivity index (χ3v) is 9.04. The maximum Gasteiger partial charge on any atom is 0.137 e. The third-order valence-electron chi connectivity index (χ3n) is 9.04. The van der Waals surface area contributed by atoms with Gasteiger partial charge in [-0.05, 0) is 85.3 Å². The minimum absolute atomic E-state index is 0.0749. The number of hydrogen-bond acceptors (Lipinski definition) is 3. The highest BCUT2D eigenvalue weighted by Gasteiger charge is 2.57. The number of aliphatic hydroxyl groups is 1. The minimum Gasteiger partial charge on any atom is -0.393 e. The van der Waals surface area contributed by atoms with E-state index >= 15 is 0 Å². The van der Waals surface area contributed by atoms with E-state index in [1.165, 1.54) is 23.2 Å². The maximum absolute atomic E-state index is 12.2. The molecule has 0 amide bonds. The van der Waals surface area contributed by atoms with Gasteiger partial charge in [0.2, 0.25) is 0 Å². The molecular weight excluding hydrogens is 358 g/mol. The van der Waals surface area contributed by atoms with E-state index in [2.05, 4.69) is 50.2 Å². The van der Waals surface area contributed by atoms with E-state index < -0.39 is 0 Å². The second-order valence-corrected chi connectivity index (χ2v) is 10.6. The smallest absolute Gasteiger partial charge is 0.137 e. The monoisotopic (exact) mass is 393 g/mol. The van der Waals surface area contributed by atoms with Crippen molar-refractivity contribution in [2.45, 2.75) is 70.3 Å². The van der Waals surface area contributed by atoms with Crippen molar-refractivity contribution in [3.8, 4) is 0 Å². The van der Waals surface area contributed by atoms with Gasteiger partial charge in [0.25, 0.3) is 0 Å². The second-order valence-electron chi connectivity index (χ2n) is 10.6. The summed E-state index contributed by atoms with van der Waals surface area (Å²) in [6.07, 6.45) is 7.77. The summed E-state index contributed by atoms with van der Waals surface area (Å²) < 4.78 is 0. The van der Waals surface area contributed by atoms with Crippen LogP contribution in [0.2, 0.25) is 0 Å². The molecule has 156 valence electrons. The normalized spacial score (nSPS) is 39.0. The molecule has 4 aliphatic rings. The van der Waals surface area contributed by atoms with Gasteiger partial charge < -0.3 is 10.0 Å². The fraction of sp³-hybridized carbons (Fsp3) is 0.654. The van der Waals surface area contributed by atoms with Crippen LogP contribution in [0.25, 0.3) is 0 Å². The Morgan fingerprint density at radius 3 is 2.52 bits per heavy atom. The molecule has 2 fully saturated rings. The van der Waals surface area contributed by atoms with Crippen molar-refractivity contribution in [1.82, 2.24) is 0 Å². The Kier molecular flexibility index (Phi) is 4.66. The van der Waals surface area contributed by atoms with Crippen LogP contribution in [0, 0.1) is 23.2 Å². The van der Waals surface area contributed by atoms with Crippen LogP contribution in [0.5, 0.6) is 0 Å². The van der Waals surface area contributed by atoms with Gasteiger partial charge in [0, 0.05) is 32.6 Å². The van der Waals surface area contributed by atoms with Gasteiger partial charge in [0.05, 0.1) is 6.10 Å². The molecule has 1 aromatic rings. The number of ketones is 1. The number of aliphatic hydroxyl groups excluding tert-OH is 1. The Labute approximate surface area is 175 Å². The van der Waals surface area contributed by atoms with E-state index in [4.69, 9.17) is 0 Å². The highest BCUT2D eigenvalue weighted by molar-refractivity contribution is 5.83. The highest BCUT2D eigenvalue weighted by Crippen LogP contribution is 2.64. The van der Waals surface area contributed by atoms with Gasteiger partial charge in [0.1, 0.15) is 5.78 Å². The van der Waals surface area contributed by atoms with E-state index in [1.807, 2.05) is 0 Å². The number of fused-ring (bicyclic) bond motifs is 4. The largest absolute Gasteiger partial charge is 0.393 e. The first-order valence-electron chi connectivity index (χ1n) is 11.6. The van der Waals surface area contributed by atoms with Gasteiger partial charge in [-0.3, -0.25) is 4.79 Å². The zero-order valence-corrected chi connectivity index (χ0v) is 18.2. The van der Waals surface area contributed by atoms with Crippen molar-refractivity contribution in [3.63, 3.8) is 0 Å². The number of hydrogen-bond donors (Lipinski definition) is 1. The van der Waals surface area contributed by atoms with Crippen LogP contribution >= 0.6 is 0 Å². The second kappa shape index (κ2) is 6.97. The average molecular weight is 394 g/mol. The van der Waals surface area contributed by atoms with Crippen molar-refractivity contribution in [2.75, 3.05) is 19.0 Å². The summed E-state index contributed by atoms with van der Waals surface area (Å²) in [7, 11) is 4.17. The molecule has 6 atom stereocenters. The Bertz CT molecular complexity index is 839. The number of allylic oxidation sites excluding steroid dienone is 2. The molecule has 3 heteroatoms. The van der Waals surface area contributed by atoms with Crippen LogP contribution < -0.4 is 4.90 Å². The summed E-state index contributed by atoms with van der Waals surface area (Å²) in [4.78, 5) is 14.4. The predicted molar refractivity (Wildman–Crippen MR) is 117 cm³/mol. The zero-order chi connectivity index (χ0) is 20.3. The fourth-order valence-electron chi connectivity index (χ4n) is 7.44. The topological polar surface area (TPSA) is 40.5 Å². The molecule has 0 aliphatic heterocycles. The van der Waals surface area contributed by atoms with Crippen LogP contribution in [-0.2, 0) is 4.79 Å². The number of rotatable bonds is 2. The summed E-state index contributed by atoms with van der Waals surface area (Å²) in [5.41, 5.74) is 5.84. The first-order valence-corrected chi connectivity index (χ1v) is 11.6. The molecule has 0 saturated heterocycles. The lowest BCUT2D eigenvalue weighted by molar-refractivity contribution is -0.119. The molecule has 5 rings (SSSR count). The SMILES string of the molecule is CN(C)c1ccc([C@@H]2CC3=C(CCC(=O)C3)[C@H]3CC[C@]4(C)[C@@H](O)CC[C@H]4[C@@H]32)cc1. The standard InChI is InChI=1S/C26H35NO2/c1-26-13-12-21-20-9-8-19(28)14-17(20)15-22(25(21)23(26)10-11-24(26)29)16-4-6-18(7-5-16)27(2)3/h4-7,21-25,29H,8-15H2,1-3H3/t21-,22+,23+,24+,25+,26+/m1/s1. The lowest BCUT2D eigenvalue weighted by Crippen LogP contribution is -2.47. The first-order chi connectivity index (χ1) is 13.9. The molecule has 0 bridgehead atoms. The highest BCUT2D eigenvalue weighted by atomic mass is 16.3. The summed E-state index contributed by atoms with van der Waals surface area (Å²) >= 11 is 0. The lowest BCUT2D eigenvalue weighted by Gasteiger charge is -2.54. The third kappa shape index (κ3) is 3.00. The van der Waals surface area contributed by atoms with E-state index in [0.29, 0.717) is 35.9 Å². The van der Waals surface area contributed by atoms with E-state index in [-0.39, 0.29) is 11.5 Å². The molecule has 0 aromatic heterocycles. The number of carbonyl (C=O) groups is 1. The van der Waals surface area contributed by atoms with Gasteiger partial charge in [-0.1, -0.05) is 30.2 Å². The van der Waals surface area contributed by atoms with Gasteiger partial charge in [-0.15, -0.1) is 0 Å². The van der Waals surface area contributed by atoms with E-state index in [0.717, 1.165) is 38.5 Å². The first kappa shape index (κ1) is 19.4. The molecule has 0 unspecified atom stereocenters. The number of nitrogens with zero attached hydrogens (tertiary/aromatic N) is 1. The van der Waals surface area contributed by atoms with Gasteiger partial charge in [-0.25, -0.2) is 0 Å². The molecule has 2 saturated carbocycles. The van der Waals surface area contributed by atoms with Gasteiger partial charge in [0.15, 0.2) is 0 Å².